The maximum absolute atomic E-state index is 14.4. The predicted octanol–water partition coefficient (Wildman–Crippen LogP) is 4.29. The number of aryl methyl sites for hydroxylation is 1. The molecule has 38 heavy (non-hydrogen) atoms. The molecule has 3 N–H and O–H groups in total. The molecule has 1 amide bonds. The van der Waals surface area contributed by atoms with Crippen molar-refractivity contribution in [3.8, 4) is 0 Å². The summed E-state index contributed by atoms with van der Waals surface area (Å²) in [5, 5.41) is 17.6. The van der Waals surface area contributed by atoms with E-state index in [0.717, 1.165) is 38.4 Å². The van der Waals surface area contributed by atoms with E-state index in [2.05, 4.69) is 41.3 Å². The van der Waals surface area contributed by atoms with Crippen LogP contribution in [0.1, 0.15) is 70.9 Å². The van der Waals surface area contributed by atoms with Gasteiger partial charge in [0, 0.05) is 31.4 Å². The molecule has 210 valence electrons. The highest BCUT2D eigenvalue weighted by Gasteiger charge is 2.35. The van der Waals surface area contributed by atoms with Crippen molar-refractivity contribution in [1.29, 1.82) is 0 Å². The number of halogens is 2. The Morgan fingerprint density at radius 2 is 2.11 bits per heavy atom. The van der Waals surface area contributed by atoms with Gasteiger partial charge >= 0.3 is 0 Å². The summed E-state index contributed by atoms with van der Waals surface area (Å²) in [5.41, 5.74) is 0.573. The molecule has 9 heteroatoms. The summed E-state index contributed by atoms with van der Waals surface area (Å²) in [6, 6.07) is 1.82. The number of aromatic nitrogens is 2. The Balaban J connectivity index is 1.34. The molecular weight excluding hydrogens is 488 g/mol. The van der Waals surface area contributed by atoms with E-state index in [4.69, 9.17) is 0 Å². The van der Waals surface area contributed by atoms with Crippen LogP contribution in [0.2, 0.25) is 0 Å². The first-order chi connectivity index (χ1) is 17.9. The molecule has 2 aliphatic rings. The van der Waals surface area contributed by atoms with Gasteiger partial charge in [0.2, 0.25) is 5.91 Å². The largest absolute Gasteiger partial charge is 0.387 e. The van der Waals surface area contributed by atoms with Crippen LogP contribution in [0.5, 0.6) is 0 Å². The molecule has 3 atom stereocenters. The first-order valence-corrected chi connectivity index (χ1v) is 13.9. The lowest BCUT2D eigenvalue weighted by atomic mass is 9.87. The van der Waals surface area contributed by atoms with Crippen LogP contribution in [0.3, 0.4) is 0 Å². The van der Waals surface area contributed by atoms with E-state index in [0.29, 0.717) is 55.7 Å². The van der Waals surface area contributed by atoms with Gasteiger partial charge in [-0.3, -0.25) is 9.69 Å². The van der Waals surface area contributed by atoms with E-state index < -0.39 is 23.3 Å². The van der Waals surface area contributed by atoms with Gasteiger partial charge in [0.25, 0.3) is 0 Å². The number of fused-ring (bicyclic) bond motifs is 1. The lowest BCUT2D eigenvalue weighted by Crippen LogP contribution is -2.52. The van der Waals surface area contributed by atoms with Crippen LogP contribution in [0.25, 0.3) is 0 Å². The third-order valence-electron chi connectivity index (χ3n) is 7.49. The minimum Gasteiger partial charge on any atom is -0.387 e. The van der Waals surface area contributed by atoms with Gasteiger partial charge in [-0.25, -0.2) is 13.8 Å². The summed E-state index contributed by atoms with van der Waals surface area (Å²) >= 11 is 0. The second-order valence-corrected chi connectivity index (χ2v) is 12.5. The Kier molecular flexibility index (Phi) is 8.89. The van der Waals surface area contributed by atoms with E-state index in [1.165, 1.54) is 6.07 Å². The molecule has 1 fully saturated rings. The summed E-state index contributed by atoms with van der Waals surface area (Å²) in [4.78, 5) is 19.9. The van der Waals surface area contributed by atoms with Crippen LogP contribution in [-0.4, -0.2) is 62.8 Å². The molecular formula is C29H43F2N5O2. The van der Waals surface area contributed by atoms with Gasteiger partial charge in [-0.15, -0.1) is 0 Å². The molecule has 1 aliphatic carbocycles. The second kappa shape index (κ2) is 11.8. The fraction of sp³-hybridized carbons (Fsp3) is 0.655. The third kappa shape index (κ3) is 7.61. The number of β-amino-alcohol motifs (C(OH)–C–C–N with tert-alkyl or cyclic N) is 1. The van der Waals surface area contributed by atoms with E-state index in [-0.39, 0.29) is 17.4 Å². The normalized spacial score (nSPS) is 23.2. The van der Waals surface area contributed by atoms with Gasteiger partial charge in [-0.2, -0.15) is 0 Å². The minimum atomic E-state index is -0.840. The van der Waals surface area contributed by atoms with Crippen LogP contribution >= 0.6 is 0 Å². The Morgan fingerprint density at radius 3 is 2.84 bits per heavy atom. The van der Waals surface area contributed by atoms with Crippen LogP contribution in [0.15, 0.2) is 24.7 Å². The van der Waals surface area contributed by atoms with E-state index in [1.807, 2.05) is 11.5 Å². The number of imidazole rings is 1. The standard InChI is InChI=1S/C29H43F2N5O2/c1-5-7-25(33-22-9-8-20-12-21(30)13-24(31)23(20)14-22)27(37)34-26-15-36(19-32-26)18-29(38)10-6-11-35(17-29)16-28(2,3)4/h12-13,15,19,22,25,33,38H,5-11,14,16-18H2,1-4H3,(H,34,37)/t22?,25-,29?/m0/s1. The SMILES string of the molecule is CCC[C@H](NC1CCc2cc(F)cc(F)c2C1)C(=O)Nc1cn(CC2(O)CCCN(CC(C)(C)C)C2)cn1. The van der Waals surface area contributed by atoms with Crippen molar-refractivity contribution in [3.05, 3.63) is 47.4 Å². The molecule has 1 aromatic carbocycles. The summed E-state index contributed by atoms with van der Waals surface area (Å²) in [6.07, 6.45) is 8.24. The van der Waals surface area contributed by atoms with Gasteiger partial charge in [-0.05, 0) is 67.7 Å². The number of carbonyl (C=O) groups excluding carboxylic acids is 1. The number of rotatable bonds is 9. The zero-order chi connectivity index (χ0) is 27.5. The van der Waals surface area contributed by atoms with Crippen LogP contribution in [0.4, 0.5) is 14.6 Å². The topological polar surface area (TPSA) is 82.4 Å². The maximum Gasteiger partial charge on any atom is 0.242 e. The number of nitrogens with one attached hydrogen (secondary N) is 2. The molecule has 0 saturated carbocycles. The fourth-order valence-corrected chi connectivity index (χ4v) is 6.00. The number of nitrogens with zero attached hydrogens (tertiary/aromatic N) is 3. The smallest absolute Gasteiger partial charge is 0.242 e. The molecule has 2 heterocycles. The third-order valence-corrected chi connectivity index (χ3v) is 7.49. The summed E-state index contributed by atoms with van der Waals surface area (Å²) in [7, 11) is 0. The monoisotopic (exact) mass is 531 g/mol. The molecule has 4 rings (SSSR count). The van der Waals surface area contributed by atoms with Crippen molar-refractivity contribution in [2.75, 3.05) is 25.0 Å². The average Bonchev–Trinajstić information content (AvgIpc) is 3.23. The van der Waals surface area contributed by atoms with Crippen molar-refractivity contribution in [1.82, 2.24) is 19.8 Å². The summed E-state index contributed by atoms with van der Waals surface area (Å²) < 4.78 is 29.8. The van der Waals surface area contributed by atoms with E-state index >= 15 is 0 Å². The Labute approximate surface area is 225 Å². The molecule has 7 nitrogen and oxygen atoms in total. The highest BCUT2D eigenvalue weighted by Crippen LogP contribution is 2.27. The average molecular weight is 532 g/mol. The molecule has 1 aromatic heterocycles. The second-order valence-electron chi connectivity index (χ2n) is 12.5. The van der Waals surface area contributed by atoms with Crippen LogP contribution in [0, 0.1) is 17.0 Å². The first-order valence-electron chi connectivity index (χ1n) is 13.9. The van der Waals surface area contributed by atoms with Crippen LogP contribution < -0.4 is 10.6 Å². The predicted molar refractivity (Wildman–Crippen MR) is 145 cm³/mol. The number of likely N-dealkylation sites (tertiary alicyclic amines) is 1. The maximum atomic E-state index is 14.4. The van der Waals surface area contributed by atoms with Crippen molar-refractivity contribution in [2.45, 2.75) is 96.9 Å². The molecule has 0 radical (unpaired) electrons. The van der Waals surface area contributed by atoms with Crippen molar-refractivity contribution in [2.24, 2.45) is 5.41 Å². The number of aliphatic hydroxyl groups is 1. The number of piperidine rings is 1. The first kappa shape index (κ1) is 28.6. The van der Waals surface area contributed by atoms with Crippen LogP contribution in [-0.2, 0) is 24.2 Å². The highest BCUT2D eigenvalue weighted by molar-refractivity contribution is 5.94. The number of hydrogen-bond acceptors (Lipinski definition) is 5. The highest BCUT2D eigenvalue weighted by atomic mass is 19.1. The summed E-state index contributed by atoms with van der Waals surface area (Å²) in [5.74, 6) is -0.808. The van der Waals surface area contributed by atoms with Gasteiger partial charge < -0.3 is 20.3 Å². The van der Waals surface area contributed by atoms with Gasteiger partial charge in [0.1, 0.15) is 11.6 Å². The lowest BCUT2D eigenvalue weighted by molar-refractivity contribution is -0.118. The van der Waals surface area contributed by atoms with Gasteiger partial charge in [0.15, 0.2) is 5.82 Å². The number of amides is 1. The summed E-state index contributed by atoms with van der Waals surface area (Å²) in [6.45, 7) is 11.6. The molecule has 2 unspecified atom stereocenters. The Morgan fingerprint density at radius 1 is 1.32 bits per heavy atom. The quantitative estimate of drug-likeness (QED) is 0.450. The zero-order valence-corrected chi connectivity index (χ0v) is 23.2. The van der Waals surface area contributed by atoms with Crippen molar-refractivity contribution in [3.63, 3.8) is 0 Å². The Bertz CT molecular complexity index is 1110. The Hall–Kier alpha value is -2.36. The molecule has 1 saturated heterocycles. The van der Waals surface area contributed by atoms with Gasteiger partial charge in [-0.1, -0.05) is 34.1 Å². The van der Waals surface area contributed by atoms with Crippen molar-refractivity contribution >= 4 is 11.7 Å². The van der Waals surface area contributed by atoms with Gasteiger partial charge in [0.05, 0.1) is 24.5 Å². The number of hydrogen-bond donors (Lipinski definition) is 3. The fourth-order valence-electron chi connectivity index (χ4n) is 6.00. The number of anilines is 1. The van der Waals surface area contributed by atoms with Crippen molar-refractivity contribution < 1.29 is 18.7 Å². The molecule has 0 bridgehead atoms. The zero-order valence-electron chi connectivity index (χ0n) is 23.2. The molecule has 0 spiro atoms. The molecule has 2 aromatic rings. The number of benzene rings is 1. The molecule has 1 aliphatic heterocycles. The number of carbonyl (C=O) groups is 1. The van der Waals surface area contributed by atoms with E-state index in [9.17, 15) is 18.7 Å². The van der Waals surface area contributed by atoms with E-state index in [1.54, 1.807) is 12.5 Å². The minimum absolute atomic E-state index is 0.0705. The lowest BCUT2D eigenvalue weighted by Gasteiger charge is -2.41.